The van der Waals surface area contributed by atoms with Crippen molar-refractivity contribution in [2.75, 3.05) is 13.6 Å². The SMILES string of the molecule is CCCCCCC(CNC)c1ccccc1C. The number of rotatable bonds is 8. The van der Waals surface area contributed by atoms with Crippen LogP contribution in [0.3, 0.4) is 0 Å². The number of benzene rings is 1. The van der Waals surface area contributed by atoms with E-state index in [2.05, 4.69) is 50.5 Å². The first-order valence-corrected chi connectivity index (χ1v) is 6.99. The molecule has 0 aliphatic rings. The number of hydrogen-bond acceptors (Lipinski definition) is 1. The molecule has 0 fully saturated rings. The van der Waals surface area contributed by atoms with E-state index in [-0.39, 0.29) is 0 Å². The second-order valence-corrected chi connectivity index (χ2v) is 4.96. The molecule has 0 heterocycles. The van der Waals surface area contributed by atoms with E-state index in [4.69, 9.17) is 0 Å². The Balaban J connectivity index is 2.56. The molecule has 0 saturated heterocycles. The van der Waals surface area contributed by atoms with Gasteiger partial charge in [0.2, 0.25) is 0 Å². The minimum Gasteiger partial charge on any atom is -0.319 e. The van der Waals surface area contributed by atoms with Crippen molar-refractivity contribution in [3.05, 3.63) is 35.4 Å². The Bertz CT molecular complexity index is 306. The predicted molar refractivity (Wildman–Crippen MR) is 76.6 cm³/mol. The highest BCUT2D eigenvalue weighted by molar-refractivity contribution is 5.29. The van der Waals surface area contributed by atoms with E-state index in [0.29, 0.717) is 5.92 Å². The molecule has 1 atom stereocenters. The van der Waals surface area contributed by atoms with E-state index in [0.717, 1.165) is 6.54 Å². The van der Waals surface area contributed by atoms with E-state index < -0.39 is 0 Å². The van der Waals surface area contributed by atoms with Gasteiger partial charge in [0.25, 0.3) is 0 Å². The highest BCUT2D eigenvalue weighted by Gasteiger charge is 2.12. The van der Waals surface area contributed by atoms with E-state index in [9.17, 15) is 0 Å². The van der Waals surface area contributed by atoms with Crippen LogP contribution in [0.5, 0.6) is 0 Å². The molecule has 0 bridgehead atoms. The quantitative estimate of drug-likeness (QED) is 0.661. The number of likely N-dealkylation sites (N-methyl/N-ethyl adjacent to an activating group) is 1. The maximum Gasteiger partial charge on any atom is 0.00172 e. The fraction of sp³-hybridized carbons (Fsp3) is 0.625. The first kappa shape index (κ1) is 14.2. The maximum absolute atomic E-state index is 3.33. The second kappa shape index (κ2) is 8.30. The zero-order valence-corrected chi connectivity index (χ0v) is 11.6. The first-order valence-electron chi connectivity index (χ1n) is 6.99. The lowest BCUT2D eigenvalue weighted by Gasteiger charge is -2.19. The topological polar surface area (TPSA) is 12.0 Å². The molecule has 96 valence electrons. The van der Waals surface area contributed by atoms with Gasteiger partial charge in [-0.05, 0) is 37.4 Å². The summed E-state index contributed by atoms with van der Waals surface area (Å²) in [5.41, 5.74) is 2.96. The molecule has 0 spiro atoms. The van der Waals surface area contributed by atoms with Crippen LogP contribution in [0.1, 0.15) is 56.1 Å². The summed E-state index contributed by atoms with van der Waals surface area (Å²) >= 11 is 0. The molecule has 17 heavy (non-hydrogen) atoms. The smallest absolute Gasteiger partial charge is 0.00172 e. The van der Waals surface area contributed by atoms with Gasteiger partial charge in [-0.1, -0.05) is 56.9 Å². The van der Waals surface area contributed by atoms with Gasteiger partial charge in [-0.25, -0.2) is 0 Å². The van der Waals surface area contributed by atoms with E-state index in [1.807, 2.05) is 0 Å². The van der Waals surface area contributed by atoms with Gasteiger partial charge in [-0.3, -0.25) is 0 Å². The van der Waals surface area contributed by atoms with Crippen molar-refractivity contribution in [2.24, 2.45) is 0 Å². The van der Waals surface area contributed by atoms with Crippen LogP contribution in [0, 0.1) is 6.92 Å². The van der Waals surface area contributed by atoms with Gasteiger partial charge < -0.3 is 5.32 Å². The summed E-state index contributed by atoms with van der Waals surface area (Å²) in [4.78, 5) is 0. The van der Waals surface area contributed by atoms with Crippen molar-refractivity contribution in [1.82, 2.24) is 5.32 Å². The summed E-state index contributed by atoms with van der Waals surface area (Å²) in [7, 11) is 2.05. The average Bonchev–Trinajstić information content (AvgIpc) is 2.34. The third kappa shape index (κ3) is 4.91. The van der Waals surface area contributed by atoms with E-state index in [1.165, 1.54) is 43.2 Å². The lowest BCUT2D eigenvalue weighted by molar-refractivity contribution is 0.531. The van der Waals surface area contributed by atoms with Crippen LogP contribution in [-0.2, 0) is 0 Å². The molecule has 1 heteroatoms. The Morgan fingerprint density at radius 3 is 2.53 bits per heavy atom. The van der Waals surface area contributed by atoms with Gasteiger partial charge >= 0.3 is 0 Å². The third-order valence-electron chi connectivity index (χ3n) is 3.48. The highest BCUT2D eigenvalue weighted by Crippen LogP contribution is 2.24. The lowest BCUT2D eigenvalue weighted by atomic mass is 9.90. The van der Waals surface area contributed by atoms with Gasteiger partial charge in [-0.2, -0.15) is 0 Å². The molecule has 0 radical (unpaired) electrons. The minimum absolute atomic E-state index is 0.679. The van der Waals surface area contributed by atoms with Crippen LogP contribution in [0.25, 0.3) is 0 Å². The maximum atomic E-state index is 3.33. The zero-order chi connectivity index (χ0) is 12.5. The fourth-order valence-electron chi connectivity index (χ4n) is 2.48. The zero-order valence-electron chi connectivity index (χ0n) is 11.6. The number of hydrogen-bond donors (Lipinski definition) is 1. The van der Waals surface area contributed by atoms with Crippen molar-refractivity contribution in [1.29, 1.82) is 0 Å². The largest absolute Gasteiger partial charge is 0.319 e. The van der Waals surface area contributed by atoms with Crippen molar-refractivity contribution in [2.45, 2.75) is 51.9 Å². The molecule has 1 nitrogen and oxygen atoms in total. The summed E-state index contributed by atoms with van der Waals surface area (Å²) in [5, 5.41) is 3.33. The number of aryl methyl sites for hydroxylation is 1. The van der Waals surface area contributed by atoms with Crippen molar-refractivity contribution in [3.63, 3.8) is 0 Å². The molecule has 1 aromatic rings. The molecule has 0 aliphatic heterocycles. The summed E-state index contributed by atoms with van der Waals surface area (Å²) in [6.45, 7) is 5.59. The third-order valence-corrected chi connectivity index (χ3v) is 3.48. The van der Waals surface area contributed by atoms with Crippen molar-refractivity contribution >= 4 is 0 Å². The Hall–Kier alpha value is -0.820. The highest BCUT2D eigenvalue weighted by atomic mass is 14.8. The van der Waals surface area contributed by atoms with E-state index >= 15 is 0 Å². The minimum atomic E-state index is 0.679. The molecule has 0 amide bonds. The Morgan fingerprint density at radius 2 is 1.88 bits per heavy atom. The van der Waals surface area contributed by atoms with Crippen LogP contribution in [0.4, 0.5) is 0 Å². The predicted octanol–water partition coefficient (Wildman–Crippen LogP) is 4.27. The molecular weight excluding hydrogens is 206 g/mol. The van der Waals surface area contributed by atoms with Gasteiger partial charge in [0, 0.05) is 6.54 Å². The molecule has 0 aromatic heterocycles. The van der Waals surface area contributed by atoms with Crippen LogP contribution in [0.2, 0.25) is 0 Å². The van der Waals surface area contributed by atoms with Crippen LogP contribution in [0.15, 0.2) is 24.3 Å². The first-order chi connectivity index (χ1) is 8.29. The van der Waals surface area contributed by atoms with Crippen LogP contribution < -0.4 is 5.32 Å². The van der Waals surface area contributed by atoms with E-state index in [1.54, 1.807) is 0 Å². The molecule has 1 rings (SSSR count). The van der Waals surface area contributed by atoms with Crippen molar-refractivity contribution in [3.8, 4) is 0 Å². The number of unbranched alkanes of at least 4 members (excludes halogenated alkanes) is 3. The number of nitrogens with one attached hydrogen (secondary N) is 1. The summed E-state index contributed by atoms with van der Waals surface area (Å²) < 4.78 is 0. The Labute approximate surface area is 107 Å². The average molecular weight is 233 g/mol. The van der Waals surface area contributed by atoms with Gasteiger partial charge in [-0.15, -0.1) is 0 Å². The normalized spacial score (nSPS) is 12.6. The summed E-state index contributed by atoms with van der Waals surface area (Å²) in [6, 6.07) is 8.81. The second-order valence-electron chi connectivity index (χ2n) is 4.96. The lowest BCUT2D eigenvalue weighted by Crippen LogP contribution is -2.18. The van der Waals surface area contributed by atoms with Gasteiger partial charge in [0.05, 0.1) is 0 Å². The Morgan fingerprint density at radius 1 is 1.12 bits per heavy atom. The molecule has 1 N–H and O–H groups in total. The van der Waals surface area contributed by atoms with Gasteiger partial charge in [0.1, 0.15) is 0 Å². The molecular formula is C16H27N. The molecule has 1 unspecified atom stereocenters. The van der Waals surface area contributed by atoms with Crippen molar-refractivity contribution < 1.29 is 0 Å². The Kier molecular flexibility index (Phi) is 6.95. The summed E-state index contributed by atoms with van der Waals surface area (Å²) in [5.74, 6) is 0.679. The van der Waals surface area contributed by atoms with Crippen LogP contribution >= 0.6 is 0 Å². The van der Waals surface area contributed by atoms with Gasteiger partial charge in [0.15, 0.2) is 0 Å². The molecule has 0 aliphatic carbocycles. The summed E-state index contributed by atoms with van der Waals surface area (Å²) in [6.07, 6.45) is 6.74. The fourth-order valence-corrected chi connectivity index (χ4v) is 2.48. The molecule has 0 saturated carbocycles. The van der Waals surface area contributed by atoms with Crippen LogP contribution in [-0.4, -0.2) is 13.6 Å². The molecule has 1 aromatic carbocycles. The standard InChI is InChI=1S/C16H27N/c1-4-5-6-7-11-15(13-17-3)16-12-9-8-10-14(16)2/h8-10,12,15,17H,4-7,11,13H2,1-3H3. The monoisotopic (exact) mass is 233 g/mol.